The Morgan fingerprint density at radius 2 is 1.33 bits per heavy atom. The van der Waals surface area contributed by atoms with Crippen molar-refractivity contribution >= 4 is 34.5 Å². The highest BCUT2D eigenvalue weighted by Gasteiger charge is 2.34. The van der Waals surface area contributed by atoms with Crippen molar-refractivity contribution < 1.29 is 19.8 Å². The van der Waals surface area contributed by atoms with Crippen LogP contribution >= 0.6 is 11.6 Å². The molecule has 0 bridgehead atoms. The molecule has 2 aromatic rings. The Kier molecular flexibility index (Phi) is 7.65. The molecule has 1 fully saturated rings. The van der Waals surface area contributed by atoms with Gasteiger partial charge in [-0.1, -0.05) is 30.7 Å². The lowest BCUT2D eigenvalue weighted by Crippen LogP contribution is -2.39. The number of ketones is 2. The van der Waals surface area contributed by atoms with E-state index in [2.05, 4.69) is 15.5 Å². The molecule has 1 heterocycles. The maximum absolute atomic E-state index is 13.4. The zero-order chi connectivity index (χ0) is 23.4. The maximum atomic E-state index is 13.4. The number of nitrogens with one attached hydrogen (secondary N) is 2. The number of aliphatic hydroxyl groups is 2. The summed E-state index contributed by atoms with van der Waals surface area (Å²) in [5.41, 5.74) is 2.27. The monoisotopic (exact) mass is 471 g/mol. The predicted molar refractivity (Wildman–Crippen MR) is 130 cm³/mol. The van der Waals surface area contributed by atoms with Gasteiger partial charge in [0.2, 0.25) is 0 Å². The molecule has 4 N–H and O–H groups in total. The SMILES string of the molecule is O=C1c2ccccc2C(=O)c2c(NCC(O)CN3CCCCC3)ccc(NCC(O)CCl)c21. The lowest BCUT2D eigenvalue weighted by molar-refractivity contribution is 0.0979. The number of aliphatic hydroxyl groups excluding tert-OH is 2. The first kappa shape index (κ1) is 23.7. The van der Waals surface area contributed by atoms with Crippen LogP contribution < -0.4 is 10.6 Å². The largest absolute Gasteiger partial charge is 0.390 e. The fourth-order valence-electron chi connectivity index (χ4n) is 4.53. The van der Waals surface area contributed by atoms with Crippen LogP contribution in [0, 0.1) is 0 Å². The second kappa shape index (κ2) is 10.7. The third-order valence-corrected chi connectivity index (χ3v) is 6.58. The Morgan fingerprint density at radius 1 is 0.818 bits per heavy atom. The zero-order valence-corrected chi connectivity index (χ0v) is 19.3. The highest BCUT2D eigenvalue weighted by Crippen LogP contribution is 2.36. The lowest BCUT2D eigenvalue weighted by Gasteiger charge is -2.29. The molecular formula is C25H30ClN3O4. The van der Waals surface area contributed by atoms with E-state index >= 15 is 0 Å². The van der Waals surface area contributed by atoms with E-state index in [1.54, 1.807) is 36.4 Å². The van der Waals surface area contributed by atoms with Gasteiger partial charge in [0.1, 0.15) is 0 Å². The van der Waals surface area contributed by atoms with Crippen LogP contribution in [0.2, 0.25) is 0 Å². The molecule has 0 spiro atoms. The molecule has 4 rings (SSSR count). The molecule has 2 aromatic carbocycles. The summed E-state index contributed by atoms with van der Waals surface area (Å²) >= 11 is 5.70. The van der Waals surface area contributed by atoms with E-state index in [9.17, 15) is 19.8 Å². The van der Waals surface area contributed by atoms with Gasteiger partial charge in [0.05, 0.1) is 29.2 Å². The molecule has 0 saturated carbocycles. The van der Waals surface area contributed by atoms with Crippen molar-refractivity contribution in [2.45, 2.75) is 31.5 Å². The van der Waals surface area contributed by atoms with E-state index < -0.39 is 12.2 Å². The van der Waals surface area contributed by atoms with Gasteiger partial charge in [-0.3, -0.25) is 9.59 Å². The van der Waals surface area contributed by atoms with Crippen LogP contribution in [0.4, 0.5) is 11.4 Å². The van der Waals surface area contributed by atoms with Gasteiger partial charge in [0.25, 0.3) is 0 Å². The minimum absolute atomic E-state index is 0.0550. The average Bonchev–Trinajstić information content (AvgIpc) is 2.85. The predicted octanol–water partition coefficient (Wildman–Crippen LogP) is 2.73. The topological polar surface area (TPSA) is 102 Å². The number of alkyl halides is 1. The Labute approximate surface area is 198 Å². The molecule has 1 saturated heterocycles. The minimum Gasteiger partial charge on any atom is -0.390 e. The number of halogens is 1. The number of piperidine rings is 1. The van der Waals surface area contributed by atoms with E-state index in [4.69, 9.17) is 11.6 Å². The summed E-state index contributed by atoms with van der Waals surface area (Å²) in [6.07, 6.45) is 2.15. The number of likely N-dealkylation sites (tertiary alicyclic amines) is 1. The van der Waals surface area contributed by atoms with Gasteiger partial charge in [-0.2, -0.15) is 0 Å². The molecule has 2 atom stereocenters. The smallest absolute Gasteiger partial charge is 0.196 e. The molecule has 8 heteroatoms. The fourth-order valence-corrected chi connectivity index (χ4v) is 4.64. The summed E-state index contributed by atoms with van der Waals surface area (Å²) in [6, 6.07) is 10.2. The number of hydrogen-bond donors (Lipinski definition) is 4. The van der Waals surface area contributed by atoms with Gasteiger partial charge in [-0.15, -0.1) is 11.6 Å². The van der Waals surface area contributed by atoms with E-state index in [0.29, 0.717) is 29.0 Å². The van der Waals surface area contributed by atoms with Crippen LogP contribution in [0.15, 0.2) is 36.4 Å². The Bertz CT molecular complexity index is 1020. The van der Waals surface area contributed by atoms with Gasteiger partial charge >= 0.3 is 0 Å². The lowest BCUT2D eigenvalue weighted by atomic mass is 9.82. The summed E-state index contributed by atoms with van der Waals surface area (Å²) < 4.78 is 0. The number of carbonyl (C=O) groups excluding carboxylic acids is 2. The number of carbonyl (C=O) groups is 2. The van der Waals surface area contributed by atoms with Crippen molar-refractivity contribution in [1.82, 2.24) is 4.90 Å². The second-order valence-electron chi connectivity index (χ2n) is 8.70. The number of nitrogens with zero attached hydrogens (tertiary/aromatic N) is 1. The first-order valence-electron chi connectivity index (χ1n) is 11.5. The number of anilines is 2. The molecule has 7 nitrogen and oxygen atoms in total. The highest BCUT2D eigenvalue weighted by atomic mass is 35.5. The van der Waals surface area contributed by atoms with Crippen molar-refractivity contribution in [2.24, 2.45) is 0 Å². The molecule has 0 amide bonds. The standard InChI is InChI=1S/C25H30ClN3O4/c26-12-16(30)13-27-20-8-9-21(28-14-17(31)15-29-10-4-1-5-11-29)23-22(20)24(32)18-6-2-3-7-19(18)25(23)33/h2-3,6-9,16-17,27-28,30-31H,1,4-5,10-15H2. The Morgan fingerprint density at radius 3 is 1.85 bits per heavy atom. The van der Waals surface area contributed by atoms with E-state index in [1.165, 1.54) is 6.42 Å². The van der Waals surface area contributed by atoms with Crippen LogP contribution in [0.3, 0.4) is 0 Å². The molecule has 176 valence electrons. The molecule has 33 heavy (non-hydrogen) atoms. The van der Waals surface area contributed by atoms with Gasteiger partial charge in [0.15, 0.2) is 11.6 Å². The van der Waals surface area contributed by atoms with Gasteiger partial charge in [-0.05, 0) is 38.1 Å². The number of fused-ring (bicyclic) bond motifs is 2. The number of benzene rings is 2. The third-order valence-electron chi connectivity index (χ3n) is 6.23. The molecule has 0 aromatic heterocycles. The first-order chi connectivity index (χ1) is 16.0. The van der Waals surface area contributed by atoms with E-state index in [0.717, 1.165) is 25.9 Å². The zero-order valence-electron chi connectivity index (χ0n) is 18.5. The van der Waals surface area contributed by atoms with Crippen LogP contribution in [0.25, 0.3) is 0 Å². The summed E-state index contributed by atoms with van der Waals surface area (Å²) in [4.78, 5) is 29.1. The van der Waals surface area contributed by atoms with Gasteiger partial charge in [0, 0.05) is 42.1 Å². The van der Waals surface area contributed by atoms with Crippen LogP contribution in [-0.4, -0.2) is 77.5 Å². The normalized spacial score (nSPS) is 17.8. The quantitative estimate of drug-likeness (QED) is 0.356. The van der Waals surface area contributed by atoms with Crippen LogP contribution in [0.1, 0.15) is 51.1 Å². The minimum atomic E-state index is -0.785. The fraction of sp³-hybridized carbons (Fsp3) is 0.440. The molecule has 1 aliphatic carbocycles. The van der Waals surface area contributed by atoms with Crippen LogP contribution in [-0.2, 0) is 0 Å². The maximum Gasteiger partial charge on any atom is 0.196 e. The van der Waals surface area contributed by atoms with Gasteiger partial charge in [-0.25, -0.2) is 0 Å². The molecule has 2 unspecified atom stereocenters. The second-order valence-corrected chi connectivity index (χ2v) is 9.01. The van der Waals surface area contributed by atoms with Crippen molar-refractivity contribution in [3.8, 4) is 0 Å². The molecular weight excluding hydrogens is 442 g/mol. The van der Waals surface area contributed by atoms with Crippen molar-refractivity contribution in [1.29, 1.82) is 0 Å². The average molecular weight is 472 g/mol. The Hall–Kier alpha value is -2.45. The third kappa shape index (κ3) is 5.22. The number of β-amino-alcohol motifs (C(OH)–C–C–N with tert-alkyl or cyclic N) is 1. The number of hydrogen-bond acceptors (Lipinski definition) is 7. The first-order valence-corrected chi connectivity index (χ1v) is 12.0. The molecule has 0 radical (unpaired) electrons. The van der Waals surface area contributed by atoms with Crippen molar-refractivity contribution in [3.05, 3.63) is 58.7 Å². The Balaban J connectivity index is 1.60. The highest BCUT2D eigenvalue weighted by molar-refractivity contribution is 6.31. The van der Waals surface area contributed by atoms with Crippen LogP contribution in [0.5, 0.6) is 0 Å². The summed E-state index contributed by atoms with van der Waals surface area (Å²) in [6.45, 7) is 2.97. The number of rotatable bonds is 9. The van der Waals surface area contributed by atoms with E-state index in [-0.39, 0.29) is 41.7 Å². The van der Waals surface area contributed by atoms with Crippen molar-refractivity contribution in [3.63, 3.8) is 0 Å². The van der Waals surface area contributed by atoms with Gasteiger partial charge < -0.3 is 25.7 Å². The summed E-state index contributed by atoms with van der Waals surface area (Å²) in [5, 5.41) is 26.7. The summed E-state index contributed by atoms with van der Waals surface area (Å²) in [7, 11) is 0. The molecule has 2 aliphatic rings. The molecule has 1 aliphatic heterocycles. The summed E-state index contributed by atoms with van der Waals surface area (Å²) in [5.74, 6) is -0.435. The van der Waals surface area contributed by atoms with Crippen molar-refractivity contribution in [2.75, 3.05) is 49.2 Å². The van der Waals surface area contributed by atoms with E-state index in [1.807, 2.05) is 0 Å².